The van der Waals surface area contributed by atoms with Crippen LogP contribution in [0.5, 0.6) is 0 Å². The zero-order valence-corrected chi connectivity index (χ0v) is 15.6. The molecule has 0 amide bonds. The highest BCUT2D eigenvalue weighted by Crippen LogP contribution is 2.81. The highest BCUT2D eigenvalue weighted by atomic mass is 31.3. The van der Waals surface area contributed by atoms with Crippen LogP contribution in [0.4, 0.5) is 0 Å². The van der Waals surface area contributed by atoms with E-state index in [1.54, 1.807) is 0 Å². The summed E-state index contributed by atoms with van der Waals surface area (Å²) in [5, 5.41) is 25.8. The topological polar surface area (TPSA) is 182 Å². The van der Waals surface area contributed by atoms with Crippen molar-refractivity contribution in [3.05, 3.63) is 18.7 Å². The van der Waals surface area contributed by atoms with Gasteiger partial charge in [0.15, 0.2) is 6.10 Å². The molecule has 1 fully saturated rings. The van der Waals surface area contributed by atoms with Gasteiger partial charge in [0.1, 0.15) is 20.0 Å². The molecule has 1 aliphatic rings. The maximum Gasteiger partial charge on any atom is 0.450 e. The largest absolute Gasteiger partial charge is 0.450 e. The Labute approximate surface area is 145 Å². The first-order valence-electron chi connectivity index (χ1n) is 7.13. The SMILES string of the molecule is CC(C)(O)C1O[P+](O)(O)C(O)(Cn2ccnc2)[P@](O)C1(C)NONO. The molecule has 2 heterocycles. The lowest BCUT2D eigenvalue weighted by Crippen LogP contribution is -2.66. The highest BCUT2D eigenvalue weighted by Gasteiger charge is 2.78. The van der Waals surface area contributed by atoms with E-state index in [4.69, 9.17) is 9.73 Å². The fraction of sp³-hybridized carbons (Fsp3) is 0.727. The second-order valence-corrected chi connectivity index (χ2v) is 11.1. The Kier molecular flexibility index (Phi) is 5.88. The third-order valence-electron chi connectivity index (χ3n) is 3.91. The lowest BCUT2D eigenvalue weighted by Gasteiger charge is -2.52. The zero-order chi connectivity index (χ0) is 19.1. The summed E-state index contributed by atoms with van der Waals surface area (Å²) in [6.45, 7) is 3.57. The quantitative estimate of drug-likeness (QED) is 0.215. The summed E-state index contributed by atoms with van der Waals surface area (Å²) < 4.78 is 6.62. The molecule has 14 heteroatoms. The molecule has 1 aromatic rings. The van der Waals surface area contributed by atoms with Crippen LogP contribution in [-0.4, -0.2) is 61.7 Å². The van der Waals surface area contributed by atoms with Gasteiger partial charge in [-0.3, -0.25) is 5.21 Å². The summed E-state index contributed by atoms with van der Waals surface area (Å²) in [4.78, 5) is 40.0. The molecule has 144 valence electrons. The van der Waals surface area contributed by atoms with Gasteiger partial charge in [-0.2, -0.15) is 24.7 Å². The minimum absolute atomic E-state index is 0.432. The van der Waals surface area contributed by atoms with Crippen molar-refractivity contribution in [1.82, 2.24) is 20.7 Å². The number of hydroxylamine groups is 1. The Balaban J connectivity index is 2.48. The molecule has 1 aliphatic heterocycles. The highest BCUT2D eigenvalue weighted by molar-refractivity contribution is 7.77. The van der Waals surface area contributed by atoms with Crippen LogP contribution >= 0.6 is 16.1 Å². The van der Waals surface area contributed by atoms with Crippen molar-refractivity contribution in [3.63, 3.8) is 0 Å². The average molecular weight is 401 g/mol. The molecule has 0 bridgehead atoms. The first-order chi connectivity index (χ1) is 11.4. The summed E-state index contributed by atoms with van der Waals surface area (Å²) >= 11 is 0. The fourth-order valence-electron chi connectivity index (χ4n) is 2.76. The molecule has 0 saturated carbocycles. The first-order valence-corrected chi connectivity index (χ1v) is 10.0. The molecule has 1 aromatic heterocycles. The average Bonchev–Trinajstić information content (AvgIpc) is 3.00. The summed E-state index contributed by atoms with van der Waals surface area (Å²) in [5.74, 6) is 0. The van der Waals surface area contributed by atoms with Crippen molar-refractivity contribution < 1.29 is 39.6 Å². The lowest BCUT2D eigenvalue weighted by atomic mass is 9.96. The third-order valence-corrected chi connectivity index (χ3v) is 8.86. The molecule has 0 aliphatic carbocycles. The molecule has 3 unspecified atom stereocenters. The van der Waals surface area contributed by atoms with Crippen LogP contribution in [-0.2, 0) is 16.0 Å². The van der Waals surface area contributed by atoms with E-state index < -0.39 is 44.7 Å². The van der Waals surface area contributed by atoms with Crippen molar-refractivity contribution in [3.8, 4) is 0 Å². The van der Waals surface area contributed by atoms with Crippen LogP contribution < -0.4 is 11.1 Å². The van der Waals surface area contributed by atoms with E-state index in [-0.39, 0.29) is 0 Å². The van der Waals surface area contributed by atoms with Crippen molar-refractivity contribution in [2.24, 2.45) is 0 Å². The summed E-state index contributed by atoms with van der Waals surface area (Å²) in [5.41, 5.74) is 1.96. The van der Waals surface area contributed by atoms with Crippen LogP contribution in [0.3, 0.4) is 0 Å². The molecule has 0 aromatic carbocycles. The van der Waals surface area contributed by atoms with Gasteiger partial charge < -0.3 is 19.7 Å². The number of nitrogens with zero attached hydrogens (tertiary/aromatic N) is 2. The normalized spacial score (nSPS) is 35.7. The predicted octanol–water partition coefficient (Wildman–Crippen LogP) is -1.03. The zero-order valence-electron chi connectivity index (χ0n) is 13.8. The smallest absolute Gasteiger partial charge is 0.387 e. The van der Waals surface area contributed by atoms with E-state index in [9.17, 15) is 24.9 Å². The van der Waals surface area contributed by atoms with Gasteiger partial charge in [0.25, 0.3) is 0 Å². The molecular formula is C11H23N4O8P2+. The minimum atomic E-state index is -4.57. The van der Waals surface area contributed by atoms with E-state index in [1.807, 2.05) is 0 Å². The number of hydrogen-bond acceptors (Lipinski definition) is 11. The van der Waals surface area contributed by atoms with Crippen LogP contribution in [0, 0.1) is 0 Å². The molecule has 12 nitrogen and oxygen atoms in total. The van der Waals surface area contributed by atoms with Crippen molar-refractivity contribution in [2.45, 2.75) is 49.4 Å². The molecule has 4 atom stereocenters. The van der Waals surface area contributed by atoms with Gasteiger partial charge in [0.05, 0.1) is 11.9 Å². The molecule has 25 heavy (non-hydrogen) atoms. The minimum Gasteiger partial charge on any atom is -0.387 e. The number of aliphatic hydroxyl groups is 2. The van der Waals surface area contributed by atoms with Gasteiger partial charge in [0, 0.05) is 12.4 Å². The van der Waals surface area contributed by atoms with E-state index in [2.05, 4.69) is 15.4 Å². The molecular weight excluding hydrogens is 378 g/mol. The van der Waals surface area contributed by atoms with Gasteiger partial charge in [-0.1, -0.05) is 5.64 Å². The van der Waals surface area contributed by atoms with Crippen molar-refractivity contribution in [2.75, 3.05) is 0 Å². The number of rotatable bonds is 6. The second-order valence-electron chi connectivity index (χ2n) is 6.45. The van der Waals surface area contributed by atoms with Gasteiger partial charge in [-0.15, -0.1) is 0 Å². The molecule has 1 saturated heterocycles. The van der Waals surface area contributed by atoms with E-state index in [0.717, 1.165) is 0 Å². The number of nitrogens with one attached hydrogen (secondary N) is 2. The molecule has 0 spiro atoms. The van der Waals surface area contributed by atoms with Gasteiger partial charge >= 0.3 is 13.0 Å². The standard InChI is InChI=1S/C11H23N4O8P2/c1-9(2,16)8-10(3,13-23-14-18)24(19)11(17,25(20,21)22-8)6-15-5-4-12-7-15/h4-5,7-8,13-14,16-21H,6H2,1-3H3/q+1/t8?,10?,11?,24-/m1/s1. The lowest BCUT2D eigenvalue weighted by molar-refractivity contribution is -0.207. The Hall–Kier alpha value is -0.330. The number of aromatic nitrogens is 2. The second kappa shape index (κ2) is 7.01. The monoisotopic (exact) mass is 401 g/mol. The first kappa shape index (κ1) is 21.0. The summed E-state index contributed by atoms with van der Waals surface area (Å²) in [6, 6.07) is 0. The van der Waals surface area contributed by atoms with Gasteiger partial charge in [-0.25, -0.2) is 4.98 Å². The Morgan fingerprint density at radius 3 is 2.60 bits per heavy atom. The Bertz CT molecular complexity index is 585. The van der Waals surface area contributed by atoms with Crippen molar-refractivity contribution in [1.29, 1.82) is 0 Å². The summed E-state index contributed by atoms with van der Waals surface area (Å²) in [7, 11) is -7.28. The van der Waals surface area contributed by atoms with Crippen molar-refractivity contribution >= 4 is 16.1 Å². The fourth-order valence-corrected chi connectivity index (χ4v) is 7.64. The predicted molar refractivity (Wildman–Crippen MR) is 86.4 cm³/mol. The Morgan fingerprint density at radius 2 is 2.12 bits per heavy atom. The van der Waals surface area contributed by atoms with Gasteiger partial charge in [-0.05, 0) is 20.8 Å². The van der Waals surface area contributed by atoms with Crippen LogP contribution in [0.1, 0.15) is 20.8 Å². The van der Waals surface area contributed by atoms with E-state index in [0.29, 0.717) is 0 Å². The molecule has 8 N–H and O–H groups in total. The molecule has 0 radical (unpaired) electrons. The van der Waals surface area contributed by atoms with Crippen LogP contribution in [0.2, 0.25) is 0 Å². The van der Waals surface area contributed by atoms with Crippen LogP contribution in [0.15, 0.2) is 18.7 Å². The van der Waals surface area contributed by atoms with Crippen LogP contribution in [0.25, 0.3) is 0 Å². The van der Waals surface area contributed by atoms with Gasteiger partial charge in [0.2, 0.25) is 0 Å². The van der Waals surface area contributed by atoms with E-state index >= 15 is 0 Å². The summed E-state index contributed by atoms with van der Waals surface area (Å²) in [6.07, 6.45) is 2.78. The maximum atomic E-state index is 11.0. The Morgan fingerprint density at radius 1 is 1.48 bits per heavy atom. The number of imidazole rings is 1. The molecule has 2 rings (SSSR count). The number of hydrogen-bond donors (Lipinski definition) is 8. The van der Waals surface area contributed by atoms with E-state index in [1.165, 1.54) is 49.7 Å². The third kappa shape index (κ3) is 3.72. The maximum absolute atomic E-state index is 11.0.